The molecule has 1 aromatic rings. The van der Waals surface area contributed by atoms with Gasteiger partial charge in [0.25, 0.3) is 5.69 Å². The number of carboxylic acids is 1. The van der Waals surface area contributed by atoms with Gasteiger partial charge in [-0.3, -0.25) is 19.7 Å². The van der Waals surface area contributed by atoms with E-state index in [2.05, 4.69) is 10.6 Å². The Balaban J connectivity index is 2.69. The van der Waals surface area contributed by atoms with Gasteiger partial charge in [-0.25, -0.2) is 0 Å². The summed E-state index contributed by atoms with van der Waals surface area (Å²) in [5, 5.41) is 23.9. The Morgan fingerprint density at radius 2 is 2.05 bits per heavy atom. The zero-order valence-corrected chi connectivity index (χ0v) is 11.2. The minimum absolute atomic E-state index is 0.0472. The molecule has 9 heteroatoms. The minimum Gasteiger partial charge on any atom is -0.480 e. The number of carbonyl (C=O) groups is 2. The van der Waals surface area contributed by atoms with Gasteiger partial charge < -0.3 is 15.7 Å². The van der Waals surface area contributed by atoms with Gasteiger partial charge in [0, 0.05) is 11.8 Å². The number of nitro benzene ring substituents is 1. The zero-order chi connectivity index (χ0) is 15.3. The molecule has 1 amide bonds. The summed E-state index contributed by atoms with van der Waals surface area (Å²) in [7, 11) is 0. The van der Waals surface area contributed by atoms with Crippen LogP contribution in [0.4, 0.5) is 11.4 Å². The van der Waals surface area contributed by atoms with Crippen LogP contribution >= 0.6 is 11.6 Å². The summed E-state index contributed by atoms with van der Waals surface area (Å²) in [4.78, 5) is 31.7. The molecular formula is C11H12ClN3O5. The van der Waals surface area contributed by atoms with Crippen LogP contribution in [0.3, 0.4) is 0 Å². The van der Waals surface area contributed by atoms with Gasteiger partial charge >= 0.3 is 5.97 Å². The van der Waals surface area contributed by atoms with E-state index in [1.54, 1.807) is 6.92 Å². The molecule has 1 aromatic carbocycles. The van der Waals surface area contributed by atoms with Crippen molar-refractivity contribution >= 4 is 34.9 Å². The molecule has 0 aromatic heterocycles. The molecule has 3 N–H and O–H groups in total. The highest BCUT2D eigenvalue weighted by Gasteiger charge is 2.15. The first-order valence-corrected chi connectivity index (χ1v) is 5.86. The number of benzene rings is 1. The predicted octanol–water partition coefficient (Wildman–Crippen LogP) is 1.17. The number of nitrogens with one attached hydrogen (secondary N) is 2. The Morgan fingerprint density at radius 1 is 1.40 bits per heavy atom. The van der Waals surface area contributed by atoms with E-state index in [9.17, 15) is 19.7 Å². The third kappa shape index (κ3) is 4.39. The lowest BCUT2D eigenvalue weighted by atomic mass is 10.2. The number of aliphatic carboxylic acids is 1. The van der Waals surface area contributed by atoms with Gasteiger partial charge in [0.1, 0.15) is 11.6 Å². The summed E-state index contributed by atoms with van der Waals surface area (Å²) < 4.78 is 0. The van der Waals surface area contributed by atoms with E-state index in [0.717, 1.165) is 0 Å². The molecule has 0 fully saturated rings. The van der Waals surface area contributed by atoms with Crippen molar-refractivity contribution in [3.8, 4) is 0 Å². The van der Waals surface area contributed by atoms with E-state index < -0.39 is 23.3 Å². The van der Waals surface area contributed by atoms with E-state index in [4.69, 9.17) is 16.7 Å². The summed E-state index contributed by atoms with van der Waals surface area (Å²) in [6, 6.07) is 2.64. The SMILES string of the molecule is Cc1cc([N+](=O)[O-])c(Cl)cc1NCC(=O)NCC(=O)O. The predicted molar refractivity (Wildman–Crippen MR) is 72.0 cm³/mol. The van der Waals surface area contributed by atoms with Crippen LogP contribution < -0.4 is 10.6 Å². The molecule has 0 radical (unpaired) electrons. The van der Waals surface area contributed by atoms with Crippen molar-refractivity contribution < 1.29 is 19.6 Å². The minimum atomic E-state index is -1.15. The second-order valence-electron chi connectivity index (χ2n) is 3.90. The summed E-state index contributed by atoms with van der Waals surface area (Å²) in [5.74, 6) is -1.66. The Kier molecular flexibility index (Phi) is 5.27. The lowest BCUT2D eigenvalue weighted by molar-refractivity contribution is -0.384. The van der Waals surface area contributed by atoms with Crippen molar-refractivity contribution in [3.63, 3.8) is 0 Å². The smallest absolute Gasteiger partial charge is 0.322 e. The van der Waals surface area contributed by atoms with E-state index in [0.29, 0.717) is 11.3 Å². The molecule has 20 heavy (non-hydrogen) atoms. The number of nitro groups is 1. The van der Waals surface area contributed by atoms with E-state index in [-0.39, 0.29) is 17.3 Å². The molecule has 0 aliphatic heterocycles. The van der Waals surface area contributed by atoms with Crippen LogP contribution in [-0.2, 0) is 9.59 Å². The molecule has 0 aliphatic rings. The summed E-state index contributed by atoms with van der Waals surface area (Å²) in [6.07, 6.45) is 0. The van der Waals surface area contributed by atoms with Gasteiger partial charge in [0.05, 0.1) is 11.5 Å². The average molecular weight is 302 g/mol. The lowest BCUT2D eigenvalue weighted by Crippen LogP contribution is -2.33. The Morgan fingerprint density at radius 3 is 2.60 bits per heavy atom. The third-order valence-electron chi connectivity index (χ3n) is 2.37. The van der Waals surface area contributed by atoms with E-state index in [1.807, 2.05) is 0 Å². The zero-order valence-electron chi connectivity index (χ0n) is 10.5. The molecular weight excluding hydrogens is 290 g/mol. The first kappa shape index (κ1) is 15.7. The third-order valence-corrected chi connectivity index (χ3v) is 2.67. The van der Waals surface area contributed by atoms with Crippen LogP contribution in [0.2, 0.25) is 5.02 Å². The number of nitrogens with zero attached hydrogens (tertiary/aromatic N) is 1. The molecule has 0 atom stereocenters. The van der Waals surface area contributed by atoms with Crippen LogP contribution in [0.5, 0.6) is 0 Å². The second-order valence-corrected chi connectivity index (χ2v) is 4.31. The highest BCUT2D eigenvalue weighted by Crippen LogP contribution is 2.30. The number of anilines is 1. The van der Waals surface area contributed by atoms with Gasteiger partial charge in [-0.1, -0.05) is 11.6 Å². The molecule has 0 saturated carbocycles. The molecule has 8 nitrogen and oxygen atoms in total. The number of halogens is 1. The monoisotopic (exact) mass is 301 g/mol. The number of carboxylic acid groups (broad SMARTS) is 1. The summed E-state index contributed by atoms with van der Waals surface area (Å²) >= 11 is 5.75. The molecule has 0 aliphatic carbocycles. The highest BCUT2D eigenvalue weighted by atomic mass is 35.5. The number of rotatable bonds is 6. The molecule has 0 saturated heterocycles. The maximum Gasteiger partial charge on any atom is 0.322 e. The highest BCUT2D eigenvalue weighted by molar-refractivity contribution is 6.33. The fourth-order valence-electron chi connectivity index (χ4n) is 1.41. The topological polar surface area (TPSA) is 122 Å². The van der Waals surface area contributed by atoms with Crippen LogP contribution in [-0.4, -0.2) is 35.0 Å². The molecule has 0 heterocycles. The average Bonchev–Trinajstić information content (AvgIpc) is 2.36. The first-order valence-electron chi connectivity index (χ1n) is 5.48. The van der Waals surface area contributed by atoms with Gasteiger partial charge in [0.2, 0.25) is 5.91 Å². The van der Waals surface area contributed by atoms with Gasteiger partial charge in [-0.2, -0.15) is 0 Å². The van der Waals surface area contributed by atoms with Gasteiger partial charge in [-0.15, -0.1) is 0 Å². The lowest BCUT2D eigenvalue weighted by Gasteiger charge is -2.10. The second kappa shape index (κ2) is 6.71. The fourth-order valence-corrected chi connectivity index (χ4v) is 1.64. The number of hydrogen-bond donors (Lipinski definition) is 3. The fraction of sp³-hybridized carbons (Fsp3) is 0.273. The van der Waals surface area contributed by atoms with Crippen molar-refractivity contribution in [2.45, 2.75) is 6.92 Å². The molecule has 0 spiro atoms. The Bertz CT molecular complexity index is 561. The number of hydrogen-bond acceptors (Lipinski definition) is 5. The largest absolute Gasteiger partial charge is 0.480 e. The van der Waals surface area contributed by atoms with E-state index in [1.165, 1.54) is 12.1 Å². The van der Waals surface area contributed by atoms with Crippen molar-refractivity contribution in [1.82, 2.24) is 5.32 Å². The number of aryl methyl sites for hydroxylation is 1. The van der Waals surface area contributed by atoms with Crippen molar-refractivity contribution in [2.75, 3.05) is 18.4 Å². The van der Waals surface area contributed by atoms with Crippen LogP contribution in [0.15, 0.2) is 12.1 Å². The Labute approximate surface area is 118 Å². The molecule has 0 unspecified atom stereocenters. The Hall–Kier alpha value is -2.35. The van der Waals surface area contributed by atoms with E-state index >= 15 is 0 Å². The quantitative estimate of drug-likeness (QED) is 0.535. The molecule has 0 bridgehead atoms. The normalized spacial score (nSPS) is 9.90. The molecule has 1 rings (SSSR count). The van der Waals surface area contributed by atoms with Crippen LogP contribution in [0.1, 0.15) is 5.56 Å². The van der Waals surface area contributed by atoms with Gasteiger partial charge in [-0.05, 0) is 18.6 Å². The van der Waals surface area contributed by atoms with Crippen molar-refractivity contribution in [1.29, 1.82) is 0 Å². The van der Waals surface area contributed by atoms with Gasteiger partial charge in [0.15, 0.2) is 0 Å². The summed E-state index contributed by atoms with van der Waals surface area (Å²) in [6.45, 7) is 0.990. The standard InChI is InChI=1S/C11H12ClN3O5/c1-6-2-9(15(19)20)7(12)3-8(6)13-4-10(16)14-5-11(17)18/h2-3,13H,4-5H2,1H3,(H,14,16)(H,17,18). The molecule has 108 valence electrons. The first-order chi connectivity index (χ1) is 9.31. The van der Waals surface area contributed by atoms with Crippen LogP contribution in [0, 0.1) is 17.0 Å². The van der Waals surface area contributed by atoms with Crippen molar-refractivity contribution in [3.05, 3.63) is 32.8 Å². The van der Waals surface area contributed by atoms with Crippen molar-refractivity contribution in [2.24, 2.45) is 0 Å². The number of amides is 1. The summed E-state index contributed by atoms with van der Waals surface area (Å²) in [5.41, 5.74) is 0.795. The maximum absolute atomic E-state index is 11.3. The maximum atomic E-state index is 11.3. The van der Waals surface area contributed by atoms with Crippen LogP contribution in [0.25, 0.3) is 0 Å². The number of carbonyl (C=O) groups excluding carboxylic acids is 1.